The molecule has 0 radical (unpaired) electrons. The molecule has 23 heavy (non-hydrogen) atoms. The van der Waals surface area contributed by atoms with E-state index < -0.39 is 32.9 Å². The lowest BCUT2D eigenvalue weighted by Gasteiger charge is -2.40. The zero-order valence-corrected chi connectivity index (χ0v) is 13.3. The summed E-state index contributed by atoms with van der Waals surface area (Å²) in [5, 5.41) is 13.1. The Labute approximate surface area is 132 Å². The summed E-state index contributed by atoms with van der Waals surface area (Å²) < 4.78 is 20.7. The summed E-state index contributed by atoms with van der Waals surface area (Å²) in [6.45, 7) is 1.36. The van der Waals surface area contributed by atoms with Crippen LogP contribution in [-0.4, -0.2) is 75.4 Å². The molecule has 11 heteroatoms. The molecule has 3 aliphatic rings. The van der Waals surface area contributed by atoms with Gasteiger partial charge in [-0.25, -0.2) is 9.36 Å². The number of ether oxygens (including phenoxy) is 1. The van der Waals surface area contributed by atoms with Crippen LogP contribution in [0.5, 0.6) is 0 Å². The van der Waals surface area contributed by atoms with Crippen molar-refractivity contribution in [3.63, 3.8) is 0 Å². The fourth-order valence-corrected chi connectivity index (χ4v) is 3.28. The molecular weight excluding hydrogens is 329 g/mol. The van der Waals surface area contributed by atoms with Crippen molar-refractivity contribution >= 4 is 13.9 Å². The van der Waals surface area contributed by atoms with Crippen LogP contribution in [0.4, 0.5) is 4.79 Å². The van der Waals surface area contributed by atoms with Gasteiger partial charge in [0.1, 0.15) is 18.2 Å². The van der Waals surface area contributed by atoms with Crippen molar-refractivity contribution in [2.75, 3.05) is 26.2 Å². The first kappa shape index (κ1) is 16.7. The highest BCUT2D eigenvalue weighted by Gasteiger charge is 2.42. The van der Waals surface area contributed by atoms with Gasteiger partial charge in [0.05, 0.1) is 12.7 Å². The normalized spacial score (nSPS) is 31.7. The number of fused-ring (bicyclic) bond motifs is 1. The number of nitrogens with one attached hydrogen (secondary N) is 1. The predicted octanol–water partition coefficient (Wildman–Crippen LogP) is -0.856. The topological polar surface area (TPSA) is 132 Å². The van der Waals surface area contributed by atoms with Gasteiger partial charge in [-0.2, -0.15) is 0 Å². The van der Waals surface area contributed by atoms with E-state index in [0.29, 0.717) is 13.1 Å². The van der Waals surface area contributed by atoms with Crippen LogP contribution >= 0.6 is 7.82 Å². The van der Waals surface area contributed by atoms with Crippen LogP contribution in [0.2, 0.25) is 0 Å². The number of carbonyl (C=O) groups excluding carboxylic acids is 1. The van der Waals surface area contributed by atoms with Crippen LogP contribution in [0.15, 0.2) is 11.9 Å². The predicted molar refractivity (Wildman–Crippen MR) is 76.8 cm³/mol. The molecule has 130 valence electrons. The Morgan fingerprint density at radius 3 is 3.00 bits per heavy atom. The summed E-state index contributed by atoms with van der Waals surface area (Å²) >= 11 is 0. The lowest BCUT2D eigenvalue weighted by molar-refractivity contribution is -0.0654. The number of rotatable bonds is 4. The summed E-state index contributed by atoms with van der Waals surface area (Å²) in [7, 11) is -4.63. The third-order valence-corrected chi connectivity index (χ3v) is 4.56. The van der Waals surface area contributed by atoms with Crippen molar-refractivity contribution < 1.29 is 33.5 Å². The second-order valence-electron chi connectivity index (χ2n) is 5.67. The van der Waals surface area contributed by atoms with E-state index in [1.165, 1.54) is 4.90 Å². The third-order valence-electron chi connectivity index (χ3n) is 4.07. The number of amides is 2. The highest BCUT2D eigenvalue weighted by Crippen LogP contribution is 2.37. The first-order valence-electron chi connectivity index (χ1n) is 7.41. The summed E-state index contributed by atoms with van der Waals surface area (Å²) in [5.74, 6) is 0.789. The second-order valence-corrected chi connectivity index (χ2v) is 6.91. The van der Waals surface area contributed by atoms with Gasteiger partial charge in [-0.05, 0) is 12.5 Å². The Bertz CT molecular complexity index is 551. The summed E-state index contributed by atoms with van der Waals surface area (Å²) in [6, 6.07) is -0.205. The molecule has 0 aromatic carbocycles. The van der Waals surface area contributed by atoms with Gasteiger partial charge in [-0.1, -0.05) is 0 Å². The SMILES string of the molecule is O=C1N2CCCNC2=CCN1[C@H]1C[C@H](O)[C@@H](COP(=O)(O)O)O1. The molecule has 3 rings (SSSR count). The van der Waals surface area contributed by atoms with Crippen molar-refractivity contribution in [2.24, 2.45) is 0 Å². The molecule has 0 unspecified atom stereocenters. The summed E-state index contributed by atoms with van der Waals surface area (Å²) in [4.78, 5) is 33.1. The minimum Gasteiger partial charge on any atom is -0.390 e. The van der Waals surface area contributed by atoms with Crippen LogP contribution in [0.1, 0.15) is 12.8 Å². The summed E-state index contributed by atoms with van der Waals surface area (Å²) in [6.07, 6.45) is 0.419. The molecule has 0 aliphatic carbocycles. The fraction of sp³-hybridized carbons (Fsp3) is 0.750. The fourth-order valence-electron chi connectivity index (χ4n) is 2.94. The molecular formula is C12H20N3O7P. The standard InChI is InChI=1S/C12H20N3O7P/c16-8-6-11(22-9(8)7-21-23(18,19)20)15-5-2-10-13-3-1-4-14(10)12(15)17/h2,8-9,11,13,16H,1,3-7H2,(H2,18,19,20)/t8-,9+,11+/m0/s1. The minimum absolute atomic E-state index is 0.172. The Balaban J connectivity index is 1.63. The Morgan fingerprint density at radius 1 is 1.48 bits per heavy atom. The van der Waals surface area contributed by atoms with Crippen molar-refractivity contribution in [1.82, 2.24) is 15.1 Å². The van der Waals surface area contributed by atoms with E-state index in [9.17, 15) is 14.5 Å². The van der Waals surface area contributed by atoms with Gasteiger partial charge in [0.2, 0.25) is 0 Å². The van der Waals surface area contributed by atoms with Gasteiger partial charge in [0, 0.05) is 26.1 Å². The Hall–Kier alpha value is -1.16. The van der Waals surface area contributed by atoms with Crippen molar-refractivity contribution in [2.45, 2.75) is 31.3 Å². The van der Waals surface area contributed by atoms with Gasteiger partial charge < -0.3 is 24.9 Å². The van der Waals surface area contributed by atoms with Crippen LogP contribution < -0.4 is 5.32 Å². The van der Waals surface area contributed by atoms with E-state index in [-0.39, 0.29) is 12.5 Å². The van der Waals surface area contributed by atoms with E-state index >= 15 is 0 Å². The van der Waals surface area contributed by atoms with Gasteiger partial charge in [-0.15, -0.1) is 0 Å². The molecule has 3 heterocycles. The van der Waals surface area contributed by atoms with E-state index in [1.807, 2.05) is 6.08 Å². The average Bonchev–Trinajstić information content (AvgIpc) is 2.86. The number of urea groups is 1. The second kappa shape index (κ2) is 6.39. The highest BCUT2D eigenvalue weighted by molar-refractivity contribution is 7.46. The maximum absolute atomic E-state index is 12.5. The number of phosphoric acid groups is 1. The van der Waals surface area contributed by atoms with E-state index in [0.717, 1.165) is 18.8 Å². The molecule has 4 N–H and O–H groups in total. The smallest absolute Gasteiger partial charge is 0.390 e. The molecule has 3 aliphatic heterocycles. The van der Waals surface area contributed by atoms with Crippen LogP contribution in [0.25, 0.3) is 0 Å². The molecule has 2 fully saturated rings. The number of phosphoric ester groups is 1. The number of nitrogens with zero attached hydrogens (tertiary/aromatic N) is 2. The van der Waals surface area contributed by atoms with Crippen LogP contribution in [0, 0.1) is 0 Å². The number of aliphatic hydroxyl groups is 1. The maximum Gasteiger partial charge on any atom is 0.469 e. The number of hydrogen-bond donors (Lipinski definition) is 4. The van der Waals surface area contributed by atoms with Crippen molar-refractivity contribution in [3.8, 4) is 0 Å². The first-order chi connectivity index (χ1) is 10.8. The quantitative estimate of drug-likeness (QED) is 0.482. The monoisotopic (exact) mass is 349 g/mol. The van der Waals surface area contributed by atoms with E-state index in [1.54, 1.807) is 4.90 Å². The Morgan fingerprint density at radius 2 is 2.26 bits per heavy atom. The average molecular weight is 349 g/mol. The number of carbonyl (C=O) groups is 1. The van der Waals surface area contributed by atoms with Crippen LogP contribution in [-0.2, 0) is 13.8 Å². The molecule has 0 bridgehead atoms. The lowest BCUT2D eigenvalue weighted by atomic mass is 10.2. The minimum atomic E-state index is -4.63. The molecule has 3 atom stereocenters. The van der Waals surface area contributed by atoms with Crippen molar-refractivity contribution in [1.29, 1.82) is 0 Å². The van der Waals surface area contributed by atoms with Gasteiger partial charge >= 0.3 is 13.9 Å². The molecule has 0 saturated carbocycles. The largest absolute Gasteiger partial charge is 0.469 e. The highest BCUT2D eigenvalue weighted by atomic mass is 31.2. The summed E-state index contributed by atoms with van der Waals surface area (Å²) in [5.41, 5.74) is 0. The number of aliphatic hydroxyl groups excluding tert-OH is 1. The first-order valence-corrected chi connectivity index (χ1v) is 8.94. The van der Waals surface area contributed by atoms with Gasteiger partial charge in [-0.3, -0.25) is 14.3 Å². The van der Waals surface area contributed by atoms with E-state index in [4.69, 9.17) is 14.5 Å². The Kier molecular flexibility index (Phi) is 4.63. The maximum atomic E-state index is 12.5. The van der Waals surface area contributed by atoms with Gasteiger partial charge in [0.25, 0.3) is 0 Å². The zero-order valence-electron chi connectivity index (χ0n) is 12.4. The molecule has 10 nitrogen and oxygen atoms in total. The molecule has 2 amide bonds. The third kappa shape index (κ3) is 3.68. The lowest BCUT2D eigenvalue weighted by Crippen LogP contribution is -2.55. The molecule has 0 aromatic rings. The van der Waals surface area contributed by atoms with Crippen molar-refractivity contribution in [3.05, 3.63) is 11.9 Å². The van der Waals surface area contributed by atoms with E-state index in [2.05, 4.69) is 9.84 Å². The van der Waals surface area contributed by atoms with Crippen LogP contribution in [0.3, 0.4) is 0 Å². The molecule has 2 saturated heterocycles. The van der Waals surface area contributed by atoms with Gasteiger partial charge in [0.15, 0.2) is 0 Å². The molecule has 0 spiro atoms. The molecule has 0 aromatic heterocycles. The zero-order chi connectivity index (χ0) is 16.6. The number of hydrogen-bond acceptors (Lipinski definition) is 6.